The third kappa shape index (κ3) is 2.80. The number of β-amino-alcohol motifs (C(OH)–C–C–N with tert-alkyl or cyclic N) is 1. The van der Waals surface area contributed by atoms with Crippen molar-refractivity contribution in [2.45, 2.75) is 30.0 Å². The van der Waals surface area contributed by atoms with Gasteiger partial charge in [0.1, 0.15) is 6.67 Å². The molecule has 2 atom stereocenters. The van der Waals surface area contributed by atoms with Crippen LogP contribution in [0.1, 0.15) is 13.8 Å². The van der Waals surface area contributed by atoms with Crippen LogP contribution in [0, 0.1) is 17.6 Å². The summed E-state index contributed by atoms with van der Waals surface area (Å²) in [6, 6.07) is 0. The van der Waals surface area contributed by atoms with Crippen molar-refractivity contribution in [1.29, 1.82) is 0 Å². The fourth-order valence-electron chi connectivity index (χ4n) is 1.92. The van der Waals surface area contributed by atoms with E-state index >= 15 is 0 Å². The predicted octanol–water partition coefficient (Wildman–Crippen LogP) is -0.250. The number of hydroxylamine groups is 2. The smallest absolute Gasteiger partial charge is 0.310 e. The molecule has 0 aromatic carbocycles. The maximum atomic E-state index is 12.8. The number of hydrogen-bond acceptors (Lipinski definition) is 8. The van der Waals surface area contributed by atoms with Crippen molar-refractivity contribution in [2.75, 3.05) is 19.5 Å². The van der Waals surface area contributed by atoms with Gasteiger partial charge in [0.05, 0.1) is 12.1 Å². The largest absolute Gasteiger partial charge is 0.623 e. The number of terminal acetylenes is 1. The monoisotopic (exact) mass is 332 g/mol. The molecule has 0 aliphatic carbocycles. The minimum Gasteiger partial charge on any atom is -0.623 e. The second kappa shape index (κ2) is 4.98. The van der Waals surface area contributed by atoms with Crippen molar-refractivity contribution < 1.29 is 13.5 Å². The zero-order chi connectivity index (χ0) is 16.1. The van der Waals surface area contributed by atoms with Crippen molar-refractivity contribution in [3.63, 3.8) is 0 Å². The highest BCUT2D eigenvalue weighted by Gasteiger charge is 2.47. The molecule has 1 aromatic heterocycles. The molecule has 0 bridgehead atoms. The molecule has 2 heterocycles. The van der Waals surface area contributed by atoms with Gasteiger partial charge >= 0.3 is 5.13 Å². The first-order valence-electron chi connectivity index (χ1n) is 6.04. The van der Waals surface area contributed by atoms with E-state index in [-0.39, 0.29) is 22.7 Å². The molecule has 10 heteroatoms. The normalized spacial score (nSPS) is 27.7. The first-order chi connectivity index (χ1) is 9.50. The quantitative estimate of drug-likeness (QED) is 0.462. The second-order valence-corrected chi connectivity index (χ2v) is 8.61. The Kier molecular flexibility index (Phi) is 3.86. The molecule has 116 valence electrons. The predicted molar refractivity (Wildman–Crippen MR) is 78.7 cm³/mol. The first-order valence-corrected chi connectivity index (χ1v) is 8.75. The number of aliphatic hydroxyl groups is 1. The minimum atomic E-state index is -3.53. The highest BCUT2D eigenvalue weighted by molar-refractivity contribution is 7.92. The molecule has 1 saturated heterocycles. The summed E-state index contributed by atoms with van der Waals surface area (Å²) in [5.74, 6) is 2.56. The first kappa shape index (κ1) is 16.3. The van der Waals surface area contributed by atoms with Gasteiger partial charge in [0, 0.05) is 6.26 Å². The van der Waals surface area contributed by atoms with Crippen molar-refractivity contribution in [3.8, 4) is 12.3 Å². The number of nitrogens with zero attached hydrogens (tertiary/aromatic N) is 4. The molecular formula is C11H16N4O4S2. The van der Waals surface area contributed by atoms with Gasteiger partial charge in [-0.3, -0.25) is 4.65 Å². The van der Waals surface area contributed by atoms with Crippen molar-refractivity contribution in [1.82, 2.24) is 19.7 Å². The Morgan fingerprint density at radius 1 is 1.57 bits per heavy atom. The molecule has 21 heavy (non-hydrogen) atoms. The van der Waals surface area contributed by atoms with Gasteiger partial charge in [-0.05, 0) is 25.2 Å². The minimum absolute atomic E-state index is 0.0779. The van der Waals surface area contributed by atoms with E-state index in [1.54, 1.807) is 18.7 Å². The molecule has 1 aliphatic heterocycles. The van der Waals surface area contributed by atoms with Crippen LogP contribution < -0.4 is 4.65 Å². The molecule has 1 aliphatic rings. The zero-order valence-electron chi connectivity index (χ0n) is 11.8. The maximum absolute atomic E-state index is 12.8. The van der Waals surface area contributed by atoms with E-state index in [0.29, 0.717) is 11.3 Å². The Morgan fingerprint density at radius 3 is 2.67 bits per heavy atom. The molecule has 0 spiro atoms. The fraction of sp³-hybridized carbons (Fsp3) is 0.636. The van der Waals surface area contributed by atoms with Gasteiger partial charge in [0.2, 0.25) is 20.4 Å². The number of quaternary nitrogens is 1. The van der Waals surface area contributed by atoms with E-state index in [2.05, 4.69) is 16.1 Å². The molecule has 2 rings (SSSR count). The summed E-state index contributed by atoms with van der Waals surface area (Å²) in [6.45, 7) is 3.49. The van der Waals surface area contributed by atoms with E-state index in [4.69, 9.17) is 6.42 Å². The molecule has 0 radical (unpaired) electrons. The van der Waals surface area contributed by atoms with E-state index < -0.39 is 26.3 Å². The van der Waals surface area contributed by atoms with Crippen LogP contribution in [0.15, 0.2) is 4.34 Å². The van der Waals surface area contributed by atoms with Crippen LogP contribution >= 0.6 is 11.3 Å². The Balaban J connectivity index is 2.35. The molecule has 0 saturated carbocycles. The Morgan fingerprint density at radius 2 is 2.19 bits per heavy atom. The lowest BCUT2D eigenvalue weighted by molar-refractivity contribution is 0.0839. The van der Waals surface area contributed by atoms with Gasteiger partial charge in [-0.2, -0.15) is 0 Å². The van der Waals surface area contributed by atoms with E-state index in [1.165, 1.54) is 0 Å². The van der Waals surface area contributed by atoms with Crippen molar-refractivity contribution in [2.24, 2.45) is 0 Å². The Bertz CT molecular complexity index is 693. The third-order valence-corrected chi connectivity index (χ3v) is 6.13. The number of hydrogen-bond donors (Lipinski definition) is 1. The lowest BCUT2D eigenvalue weighted by Gasteiger charge is -2.37. The summed E-state index contributed by atoms with van der Waals surface area (Å²) in [6.07, 6.45) is 5.13. The highest BCUT2D eigenvalue weighted by atomic mass is 32.2. The van der Waals surface area contributed by atoms with Gasteiger partial charge < -0.3 is 10.3 Å². The van der Waals surface area contributed by atoms with Gasteiger partial charge in [-0.15, -0.1) is 11.5 Å². The molecule has 1 aromatic rings. The number of rotatable bonds is 3. The summed E-state index contributed by atoms with van der Waals surface area (Å²) in [4.78, 5) is 1.66. The lowest BCUT2D eigenvalue weighted by Crippen LogP contribution is -2.50. The molecule has 8 nitrogen and oxygen atoms in total. The number of aliphatic hydroxyl groups excluding tert-OH is 1. The topological polar surface area (TPSA) is 106 Å². The van der Waals surface area contributed by atoms with Gasteiger partial charge in [0.25, 0.3) is 0 Å². The van der Waals surface area contributed by atoms with Crippen molar-refractivity contribution in [3.05, 3.63) is 5.21 Å². The van der Waals surface area contributed by atoms with Crippen LogP contribution in [0.25, 0.3) is 0 Å². The molecule has 1 N–H and O–H groups in total. The summed E-state index contributed by atoms with van der Waals surface area (Å²) >= 11 is 0.671. The third-order valence-electron chi connectivity index (χ3n) is 3.43. The molecule has 2 unspecified atom stereocenters. The highest BCUT2D eigenvalue weighted by Crippen LogP contribution is 2.36. The molecule has 1 fully saturated rings. The average molecular weight is 332 g/mol. The van der Waals surface area contributed by atoms with Gasteiger partial charge in [0.15, 0.2) is 0 Å². The van der Waals surface area contributed by atoms with E-state index in [9.17, 15) is 18.7 Å². The van der Waals surface area contributed by atoms with Crippen LogP contribution in [0.5, 0.6) is 0 Å². The Labute approximate surface area is 127 Å². The molecular weight excluding hydrogens is 316 g/mol. The van der Waals surface area contributed by atoms with Crippen LogP contribution in [0.3, 0.4) is 0 Å². The van der Waals surface area contributed by atoms with Crippen LogP contribution in [-0.4, -0.2) is 59.9 Å². The van der Waals surface area contributed by atoms with Crippen LogP contribution in [0.2, 0.25) is 0 Å². The summed E-state index contributed by atoms with van der Waals surface area (Å²) in [7, 11) is -3.53. The standard InChI is InChI=1S/C11H16N4O4S2/c1-5-11(2,3)14-6-8(16)15(17,7-14)9-12-13-10(20-9)21(4,18)19/h1,8,16H,6-7H2,2-4H3. The molecule has 0 amide bonds. The lowest BCUT2D eigenvalue weighted by atomic mass is 10.1. The number of aromatic nitrogens is 2. The van der Waals surface area contributed by atoms with Gasteiger partial charge in [-0.1, -0.05) is 11.0 Å². The summed E-state index contributed by atoms with van der Waals surface area (Å²) < 4.78 is 21.4. The zero-order valence-corrected chi connectivity index (χ0v) is 13.5. The van der Waals surface area contributed by atoms with Crippen molar-refractivity contribution >= 4 is 26.3 Å². The van der Waals surface area contributed by atoms with Gasteiger partial charge in [-0.25, -0.2) is 13.3 Å². The van der Waals surface area contributed by atoms with Crippen LogP contribution in [0.4, 0.5) is 5.13 Å². The SMILES string of the molecule is C#CC(C)(C)N1CC(O)[N+]([O-])(c2nnc(S(C)(=O)=O)s2)C1. The fourth-order valence-corrected chi connectivity index (χ4v) is 3.60. The van der Waals surface area contributed by atoms with E-state index in [1.807, 2.05) is 0 Å². The van der Waals surface area contributed by atoms with Crippen LogP contribution in [-0.2, 0) is 9.84 Å². The summed E-state index contributed by atoms with van der Waals surface area (Å²) in [5, 5.41) is 30.0. The number of sulfone groups is 1. The second-order valence-electron chi connectivity index (χ2n) is 5.47. The maximum Gasteiger partial charge on any atom is 0.310 e. The Hall–Kier alpha value is -1.09. The van der Waals surface area contributed by atoms with E-state index in [0.717, 1.165) is 6.26 Å². The summed E-state index contributed by atoms with van der Waals surface area (Å²) in [5.41, 5.74) is -0.699. The average Bonchev–Trinajstić information content (AvgIpc) is 2.96.